The molecule has 0 unspecified atom stereocenters. The van der Waals surface area contributed by atoms with Crippen LogP contribution in [0.5, 0.6) is 0 Å². The van der Waals surface area contributed by atoms with Gasteiger partial charge in [-0.15, -0.1) is 0 Å². The molecule has 0 aliphatic rings. The number of hydrogen-bond donors (Lipinski definition) is 3. The van der Waals surface area contributed by atoms with Crippen LogP contribution in [0.4, 0.5) is 5.69 Å². The number of anilines is 1. The largest absolute Gasteiger partial charge is 0.367 e. The normalized spacial score (nSPS) is 10.6. The van der Waals surface area contributed by atoms with Gasteiger partial charge in [0.1, 0.15) is 0 Å². The summed E-state index contributed by atoms with van der Waals surface area (Å²) in [5.74, 6) is 0. The van der Waals surface area contributed by atoms with Crippen LogP contribution in [0.25, 0.3) is 11.1 Å². The molecule has 0 aliphatic carbocycles. The van der Waals surface area contributed by atoms with Crippen molar-refractivity contribution >= 4 is 29.2 Å². The summed E-state index contributed by atoms with van der Waals surface area (Å²) in [6.07, 6.45) is 4.53. The van der Waals surface area contributed by atoms with E-state index in [1.807, 2.05) is 54.9 Å². The van der Waals surface area contributed by atoms with Crippen molar-refractivity contribution in [3.63, 3.8) is 0 Å². The van der Waals surface area contributed by atoms with Crippen molar-refractivity contribution in [3.8, 4) is 11.1 Å². The Hall–Kier alpha value is -2.14. The van der Waals surface area contributed by atoms with Gasteiger partial charge in [-0.3, -0.25) is 5.14 Å². The minimum atomic E-state index is 0.671. The number of halogens is 1. The predicted octanol–water partition coefficient (Wildman–Crippen LogP) is 5.47. The molecule has 5 heteroatoms. The summed E-state index contributed by atoms with van der Waals surface area (Å²) < 4.78 is 0. The van der Waals surface area contributed by atoms with Crippen molar-refractivity contribution in [2.45, 2.75) is 11.3 Å². The first-order valence-electron chi connectivity index (χ1n) is 7.49. The summed E-state index contributed by atoms with van der Waals surface area (Å²) in [6.45, 7) is 4.10. The average Bonchev–Trinajstić information content (AvgIpc) is 3.11. The maximum atomic E-state index is 6.21. The molecule has 0 amide bonds. The standard InChI is InChI=1S/C19H18ClN3S/c1-13(10-14-4-2-3-5-18(14)20)23-16-6-7-17(19(11-16)24-21)15-8-9-22-12-15/h2-9,11-12,22-23H,1,10,21H2. The lowest BCUT2D eigenvalue weighted by atomic mass is 10.1. The van der Waals surface area contributed by atoms with Crippen LogP contribution in [-0.2, 0) is 6.42 Å². The Bertz CT molecular complexity index is 844. The molecule has 3 rings (SSSR count). The number of H-pyrrole nitrogens is 1. The molecular weight excluding hydrogens is 338 g/mol. The highest BCUT2D eigenvalue weighted by atomic mass is 35.5. The zero-order valence-corrected chi connectivity index (χ0v) is 14.6. The Morgan fingerprint density at radius 2 is 2.04 bits per heavy atom. The molecule has 0 saturated heterocycles. The van der Waals surface area contributed by atoms with Crippen LogP contribution in [0.1, 0.15) is 5.56 Å². The van der Waals surface area contributed by atoms with Crippen LogP contribution >= 0.6 is 23.5 Å². The molecule has 0 saturated carbocycles. The van der Waals surface area contributed by atoms with Crippen molar-refractivity contribution in [2.75, 3.05) is 5.32 Å². The molecule has 3 aromatic rings. The zero-order valence-electron chi connectivity index (χ0n) is 13.1. The fourth-order valence-electron chi connectivity index (χ4n) is 2.55. The third-order valence-corrected chi connectivity index (χ3v) is 4.66. The number of rotatable bonds is 6. The monoisotopic (exact) mass is 355 g/mol. The van der Waals surface area contributed by atoms with Gasteiger partial charge in [0, 0.05) is 45.7 Å². The highest BCUT2D eigenvalue weighted by molar-refractivity contribution is 7.97. The maximum absolute atomic E-state index is 6.21. The molecular formula is C19H18ClN3S. The number of nitrogens with two attached hydrogens (primary N) is 1. The molecule has 0 aliphatic heterocycles. The van der Waals surface area contributed by atoms with E-state index in [1.165, 1.54) is 11.9 Å². The van der Waals surface area contributed by atoms with Gasteiger partial charge >= 0.3 is 0 Å². The number of aromatic nitrogens is 1. The maximum Gasteiger partial charge on any atom is 0.0441 e. The van der Waals surface area contributed by atoms with E-state index in [0.717, 1.165) is 38.0 Å². The first-order chi connectivity index (χ1) is 11.7. The van der Waals surface area contributed by atoms with Crippen LogP contribution in [0.15, 0.2) is 78.1 Å². The fraction of sp³-hybridized carbons (Fsp3) is 0.0526. The van der Waals surface area contributed by atoms with Gasteiger partial charge < -0.3 is 10.3 Å². The molecule has 4 N–H and O–H groups in total. The van der Waals surface area contributed by atoms with Crippen LogP contribution in [0.3, 0.4) is 0 Å². The summed E-state index contributed by atoms with van der Waals surface area (Å²) in [4.78, 5) is 4.07. The second-order valence-electron chi connectivity index (χ2n) is 5.43. The van der Waals surface area contributed by atoms with Crippen molar-refractivity contribution in [1.82, 2.24) is 4.98 Å². The highest BCUT2D eigenvalue weighted by Crippen LogP contribution is 2.31. The Kier molecular flexibility index (Phi) is 5.30. The van der Waals surface area contributed by atoms with Crippen LogP contribution in [0, 0.1) is 0 Å². The lowest BCUT2D eigenvalue weighted by Gasteiger charge is -2.13. The second-order valence-corrected chi connectivity index (χ2v) is 6.51. The lowest BCUT2D eigenvalue weighted by molar-refractivity contribution is 1.16. The molecule has 0 fully saturated rings. The van der Waals surface area contributed by atoms with Crippen molar-refractivity contribution in [3.05, 3.63) is 83.8 Å². The number of benzene rings is 2. The Balaban J connectivity index is 1.76. The fourth-order valence-corrected chi connectivity index (χ4v) is 3.26. The van der Waals surface area contributed by atoms with E-state index >= 15 is 0 Å². The van der Waals surface area contributed by atoms with Crippen molar-refractivity contribution in [2.24, 2.45) is 5.14 Å². The minimum Gasteiger partial charge on any atom is -0.367 e. The van der Waals surface area contributed by atoms with Gasteiger partial charge in [0.15, 0.2) is 0 Å². The Labute approximate surface area is 151 Å². The zero-order chi connectivity index (χ0) is 16.9. The molecule has 24 heavy (non-hydrogen) atoms. The van der Waals surface area contributed by atoms with E-state index < -0.39 is 0 Å². The van der Waals surface area contributed by atoms with Gasteiger partial charge in [0.2, 0.25) is 0 Å². The molecule has 1 aromatic heterocycles. The van der Waals surface area contributed by atoms with Crippen LogP contribution < -0.4 is 10.5 Å². The Morgan fingerprint density at radius 3 is 2.75 bits per heavy atom. The summed E-state index contributed by atoms with van der Waals surface area (Å²) in [6, 6.07) is 15.9. The molecule has 2 aromatic carbocycles. The van der Waals surface area contributed by atoms with Gasteiger partial charge in [0.25, 0.3) is 0 Å². The summed E-state index contributed by atoms with van der Waals surface area (Å²) in [7, 11) is 0. The van der Waals surface area contributed by atoms with Gasteiger partial charge in [-0.25, -0.2) is 0 Å². The molecule has 0 spiro atoms. The Morgan fingerprint density at radius 1 is 1.21 bits per heavy atom. The van der Waals surface area contributed by atoms with Gasteiger partial charge in [-0.05, 0) is 47.3 Å². The van der Waals surface area contributed by atoms with E-state index in [4.69, 9.17) is 16.7 Å². The molecule has 122 valence electrons. The molecule has 1 heterocycles. The second kappa shape index (κ2) is 7.62. The van der Waals surface area contributed by atoms with E-state index in [9.17, 15) is 0 Å². The number of nitrogens with one attached hydrogen (secondary N) is 2. The van der Waals surface area contributed by atoms with Crippen molar-refractivity contribution in [1.29, 1.82) is 0 Å². The minimum absolute atomic E-state index is 0.671. The highest BCUT2D eigenvalue weighted by Gasteiger charge is 2.08. The van der Waals surface area contributed by atoms with E-state index in [-0.39, 0.29) is 0 Å². The van der Waals surface area contributed by atoms with Crippen molar-refractivity contribution < 1.29 is 0 Å². The van der Waals surface area contributed by atoms with E-state index in [0.29, 0.717) is 6.42 Å². The van der Waals surface area contributed by atoms with Gasteiger partial charge in [-0.1, -0.05) is 42.4 Å². The number of allylic oxidation sites excluding steroid dienone is 1. The van der Waals surface area contributed by atoms with E-state index in [1.54, 1.807) is 0 Å². The predicted molar refractivity (Wildman–Crippen MR) is 104 cm³/mol. The average molecular weight is 356 g/mol. The number of aromatic amines is 1. The summed E-state index contributed by atoms with van der Waals surface area (Å²) >= 11 is 7.44. The van der Waals surface area contributed by atoms with Gasteiger partial charge in [0.05, 0.1) is 0 Å². The topological polar surface area (TPSA) is 53.8 Å². The molecule has 0 atom stereocenters. The molecule has 0 radical (unpaired) electrons. The third-order valence-electron chi connectivity index (χ3n) is 3.70. The van der Waals surface area contributed by atoms with Crippen LogP contribution in [-0.4, -0.2) is 4.98 Å². The quantitative estimate of drug-likeness (QED) is 0.514. The summed E-state index contributed by atoms with van der Waals surface area (Å²) in [5, 5.41) is 9.93. The smallest absolute Gasteiger partial charge is 0.0441 e. The van der Waals surface area contributed by atoms with E-state index in [2.05, 4.69) is 22.9 Å². The summed E-state index contributed by atoms with van der Waals surface area (Å²) in [5.41, 5.74) is 5.11. The lowest BCUT2D eigenvalue weighted by Crippen LogP contribution is -2.02. The number of hydrogen-bond acceptors (Lipinski definition) is 3. The SMILES string of the molecule is C=C(Cc1ccccc1Cl)Nc1ccc(-c2cc[nH]c2)c(SN)c1. The molecule has 3 nitrogen and oxygen atoms in total. The third kappa shape index (κ3) is 3.85. The molecule has 0 bridgehead atoms. The first kappa shape index (κ1) is 16.7. The van der Waals surface area contributed by atoms with Gasteiger partial charge in [-0.2, -0.15) is 0 Å². The van der Waals surface area contributed by atoms with Crippen LogP contribution in [0.2, 0.25) is 5.02 Å². The first-order valence-corrected chi connectivity index (χ1v) is 8.75.